The van der Waals surface area contributed by atoms with Gasteiger partial charge in [0.15, 0.2) is 0 Å². The smallest absolute Gasteiger partial charge is 0.136 e. The molecule has 0 aliphatic heterocycles. The summed E-state index contributed by atoms with van der Waals surface area (Å²) in [5.41, 5.74) is 0.904. The highest BCUT2D eigenvalue weighted by molar-refractivity contribution is 7.99. The lowest BCUT2D eigenvalue weighted by Gasteiger charge is -2.11. The molecular formula is C15H13Cl2FOS. The van der Waals surface area contributed by atoms with Crippen molar-refractivity contribution in [3.8, 4) is 0 Å². The van der Waals surface area contributed by atoms with Crippen LogP contribution in [0, 0.1) is 5.82 Å². The van der Waals surface area contributed by atoms with Crippen LogP contribution in [0.4, 0.5) is 4.39 Å². The lowest BCUT2D eigenvalue weighted by atomic mass is 10.1. The van der Waals surface area contributed by atoms with Crippen molar-refractivity contribution >= 4 is 35.0 Å². The fourth-order valence-corrected chi connectivity index (χ4v) is 2.94. The number of hydrogen-bond donors (Lipinski definition) is 1. The van der Waals surface area contributed by atoms with E-state index in [2.05, 4.69) is 0 Å². The number of aliphatic hydroxyl groups excluding tert-OH is 1. The van der Waals surface area contributed by atoms with Gasteiger partial charge in [-0.2, -0.15) is 0 Å². The summed E-state index contributed by atoms with van der Waals surface area (Å²) in [7, 11) is 0. The molecule has 1 nitrogen and oxygen atoms in total. The molecular weight excluding hydrogens is 318 g/mol. The molecule has 106 valence electrons. The minimum absolute atomic E-state index is 0.265. The van der Waals surface area contributed by atoms with E-state index in [1.54, 1.807) is 30.3 Å². The second-order valence-electron chi connectivity index (χ2n) is 4.35. The highest BCUT2D eigenvalue weighted by Gasteiger charge is 2.10. The van der Waals surface area contributed by atoms with Crippen LogP contribution in [-0.2, 0) is 6.42 Å². The molecule has 0 radical (unpaired) electrons. The predicted octanol–water partition coefficient (Wildman–Crippen LogP) is 4.83. The monoisotopic (exact) mass is 330 g/mol. The van der Waals surface area contributed by atoms with E-state index in [1.807, 2.05) is 6.07 Å². The molecule has 0 aliphatic rings. The van der Waals surface area contributed by atoms with Crippen molar-refractivity contribution in [2.24, 2.45) is 0 Å². The Morgan fingerprint density at radius 2 is 1.85 bits per heavy atom. The van der Waals surface area contributed by atoms with Gasteiger partial charge in [-0.25, -0.2) is 4.39 Å². The molecule has 0 fully saturated rings. The largest absolute Gasteiger partial charge is 0.392 e. The normalized spacial score (nSPS) is 12.4. The van der Waals surface area contributed by atoms with Gasteiger partial charge in [0.05, 0.1) is 16.1 Å². The Hall–Kier alpha value is -0.740. The van der Waals surface area contributed by atoms with Crippen LogP contribution < -0.4 is 0 Å². The number of aliphatic hydroxyl groups is 1. The van der Waals surface area contributed by atoms with E-state index in [0.29, 0.717) is 27.1 Å². The fraction of sp³-hybridized carbons (Fsp3) is 0.200. The van der Waals surface area contributed by atoms with Crippen molar-refractivity contribution < 1.29 is 9.50 Å². The Kier molecular flexibility index (Phi) is 5.73. The van der Waals surface area contributed by atoms with Gasteiger partial charge in [-0.1, -0.05) is 41.4 Å². The van der Waals surface area contributed by atoms with Crippen LogP contribution in [0.3, 0.4) is 0 Å². The average molecular weight is 331 g/mol. The number of rotatable bonds is 5. The Bertz CT molecular complexity index is 592. The molecule has 1 N–H and O–H groups in total. The summed E-state index contributed by atoms with van der Waals surface area (Å²) in [6.07, 6.45) is -0.116. The Labute approximate surface area is 131 Å². The summed E-state index contributed by atoms with van der Waals surface area (Å²) in [5.74, 6) is 0.153. The lowest BCUT2D eigenvalue weighted by molar-refractivity contribution is 0.200. The molecule has 2 rings (SSSR count). The van der Waals surface area contributed by atoms with E-state index < -0.39 is 6.10 Å². The van der Waals surface area contributed by atoms with Gasteiger partial charge in [-0.05, 0) is 36.2 Å². The van der Waals surface area contributed by atoms with Crippen molar-refractivity contribution in [1.29, 1.82) is 0 Å². The highest BCUT2D eigenvalue weighted by Crippen LogP contribution is 2.25. The topological polar surface area (TPSA) is 20.2 Å². The molecule has 0 amide bonds. The molecule has 1 atom stereocenters. The second-order valence-corrected chi connectivity index (χ2v) is 6.22. The van der Waals surface area contributed by atoms with Crippen LogP contribution in [0.5, 0.6) is 0 Å². The Morgan fingerprint density at radius 3 is 2.55 bits per heavy atom. The van der Waals surface area contributed by atoms with E-state index in [1.165, 1.54) is 17.8 Å². The van der Waals surface area contributed by atoms with Crippen LogP contribution in [-0.4, -0.2) is 17.0 Å². The summed E-state index contributed by atoms with van der Waals surface area (Å²) < 4.78 is 13.4. The third-order valence-electron chi connectivity index (χ3n) is 2.72. The molecule has 0 aliphatic carbocycles. The summed E-state index contributed by atoms with van der Waals surface area (Å²) in [6.45, 7) is 0. The van der Waals surface area contributed by atoms with Gasteiger partial charge >= 0.3 is 0 Å². The quantitative estimate of drug-likeness (QED) is 0.792. The summed E-state index contributed by atoms with van der Waals surface area (Å²) in [6, 6.07) is 11.8. The Balaban J connectivity index is 1.91. The molecule has 20 heavy (non-hydrogen) atoms. The molecule has 0 saturated heterocycles. The van der Waals surface area contributed by atoms with E-state index >= 15 is 0 Å². The molecule has 0 aromatic heterocycles. The van der Waals surface area contributed by atoms with Gasteiger partial charge in [-0.3, -0.25) is 0 Å². The first-order chi connectivity index (χ1) is 9.56. The minimum Gasteiger partial charge on any atom is -0.392 e. The van der Waals surface area contributed by atoms with Gasteiger partial charge in [0, 0.05) is 10.6 Å². The molecule has 5 heteroatoms. The van der Waals surface area contributed by atoms with Crippen LogP contribution >= 0.6 is 35.0 Å². The van der Waals surface area contributed by atoms with Gasteiger partial charge in [0.1, 0.15) is 5.82 Å². The summed E-state index contributed by atoms with van der Waals surface area (Å²) in [4.78, 5) is 0.542. The van der Waals surface area contributed by atoms with Crippen molar-refractivity contribution in [3.05, 3.63) is 63.9 Å². The zero-order chi connectivity index (χ0) is 14.5. The van der Waals surface area contributed by atoms with Crippen LogP contribution in [0.15, 0.2) is 47.4 Å². The van der Waals surface area contributed by atoms with Gasteiger partial charge < -0.3 is 5.11 Å². The first-order valence-electron chi connectivity index (χ1n) is 6.05. The number of thioether (sulfide) groups is 1. The molecule has 0 bridgehead atoms. The van der Waals surface area contributed by atoms with Gasteiger partial charge in [0.25, 0.3) is 0 Å². The summed E-state index contributed by atoms with van der Waals surface area (Å²) in [5, 5.41) is 11.0. The molecule has 0 spiro atoms. The molecule has 0 saturated carbocycles. The summed E-state index contributed by atoms with van der Waals surface area (Å²) >= 11 is 13.1. The Morgan fingerprint density at radius 1 is 1.10 bits per heavy atom. The standard InChI is InChI=1S/C15H13Cl2FOS/c16-12-6-5-10(8-13(12)17)7-11(19)9-20-15-4-2-1-3-14(15)18/h1-6,8,11,19H,7,9H2. The van der Waals surface area contributed by atoms with E-state index in [0.717, 1.165) is 5.56 Å². The molecule has 2 aromatic carbocycles. The minimum atomic E-state index is -0.572. The lowest BCUT2D eigenvalue weighted by Crippen LogP contribution is -2.13. The number of halogens is 3. The first-order valence-corrected chi connectivity index (χ1v) is 7.79. The zero-order valence-corrected chi connectivity index (χ0v) is 12.9. The van der Waals surface area contributed by atoms with Crippen molar-refractivity contribution in [2.75, 3.05) is 5.75 Å². The van der Waals surface area contributed by atoms with Crippen molar-refractivity contribution in [3.63, 3.8) is 0 Å². The second kappa shape index (κ2) is 7.32. The molecule has 0 heterocycles. The average Bonchev–Trinajstić information content (AvgIpc) is 2.42. The van der Waals surface area contributed by atoms with Crippen molar-refractivity contribution in [2.45, 2.75) is 17.4 Å². The molecule has 1 unspecified atom stereocenters. The third-order valence-corrected chi connectivity index (χ3v) is 4.66. The maximum absolute atomic E-state index is 13.4. The predicted molar refractivity (Wildman–Crippen MR) is 83.3 cm³/mol. The van der Waals surface area contributed by atoms with E-state index in [9.17, 15) is 9.50 Å². The van der Waals surface area contributed by atoms with Gasteiger partial charge in [0.2, 0.25) is 0 Å². The SMILES string of the molecule is OC(CSc1ccccc1F)Cc1ccc(Cl)c(Cl)c1. The first kappa shape index (κ1) is 15.6. The number of hydrogen-bond acceptors (Lipinski definition) is 2. The van der Waals surface area contributed by atoms with E-state index in [4.69, 9.17) is 23.2 Å². The third kappa shape index (κ3) is 4.38. The van der Waals surface area contributed by atoms with Crippen LogP contribution in [0.1, 0.15) is 5.56 Å². The number of benzene rings is 2. The zero-order valence-electron chi connectivity index (χ0n) is 10.5. The van der Waals surface area contributed by atoms with Gasteiger partial charge in [-0.15, -0.1) is 11.8 Å². The molecule has 2 aromatic rings. The highest BCUT2D eigenvalue weighted by atomic mass is 35.5. The van der Waals surface area contributed by atoms with E-state index in [-0.39, 0.29) is 5.82 Å². The maximum Gasteiger partial charge on any atom is 0.136 e. The van der Waals surface area contributed by atoms with Crippen LogP contribution in [0.2, 0.25) is 10.0 Å². The maximum atomic E-state index is 13.4. The van der Waals surface area contributed by atoms with Crippen LogP contribution in [0.25, 0.3) is 0 Å². The fourth-order valence-electron chi connectivity index (χ4n) is 1.75. The van der Waals surface area contributed by atoms with Crippen molar-refractivity contribution in [1.82, 2.24) is 0 Å².